The first-order valence-corrected chi connectivity index (χ1v) is 8.21. The van der Waals surface area contributed by atoms with E-state index in [0.29, 0.717) is 26.2 Å². The van der Waals surface area contributed by atoms with Gasteiger partial charge in [0.05, 0.1) is 25.2 Å². The molecule has 23 heavy (non-hydrogen) atoms. The van der Waals surface area contributed by atoms with E-state index in [1.165, 1.54) is 0 Å². The maximum atomic E-state index is 12.2. The predicted molar refractivity (Wildman–Crippen MR) is 90.5 cm³/mol. The first-order valence-electron chi connectivity index (χ1n) is 8.21. The number of aliphatic hydroxyl groups is 1. The van der Waals surface area contributed by atoms with Crippen LogP contribution in [-0.2, 0) is 16.0 Å². The van der Waals surface area contributed by atoms with E-state index in [-0.39, 0.29) is 12.5 Å². The molecule has 0 saturated carbocycles. The Labute approximate surface area is 138 Å². The number of β-amino-alcohol motifs (C(OH)–C–C–N with tert-alkyl or cyclic N) is 1. The van der Waals surface area contributed by atoms with Gasteiger partial charge in [0.15, 0.2) is 0 Å². The summed E-state index contributed by atoms with van der Waals surface area (Å²) in [5.41, 5.74) is 2.37. The van der Waals surface area contributed by atoms with Crippen molar-refractivity contribution in [3.05, 3.63) is 34.9 Å². The van der Waals surface area contributed by atoms with Crippen molar-refractivity contribution in [3.63, 3.8) is 0 Å². The minimum absolute atomic E-state index is 0.0547. The average Bonchev–Trinajstić information content (AvgIpc) is 2.50. The maximum Gasteiger partial charge on any atom is 0.224 e. The van der Waals surface area contributed by atoms with Gasteiger partial charge in [0, 0.05) is 26.2 Å². The smallest absolute Gasteiger partial charge is 0.224 e. The van der Waals surface area contributed by atoms with E-state index in [2.05, 4.69) is 10.2 Å². The summed E-state index contributed by atoms with van der Waals surface area (Å²) >= 11 is 0. The van der Waals surface area contributed by atoms with Gasteiger partial charge in [0.1, 0.15) is 0 Å². The van der Waals surface area contributed by atoms with Gasteiger partial charge < -0.3 is 15.2 Å². The topological polar surface area (TPSA) is 61.8 Å². The van der Waals surface area contributed by atoms with E-state index >= 15 is 0 Å². The normalized spacial score (nSPS) is 18.4. The van der Waals surface area contributed by atoms with Gasteiger partial charge in [-0.3, -0.25) is 9.69 Å². The number of morpholine rings is 1. The molecule has 1 aliphatic rings. The maximum absolute atomic E-state index is 12.2. The zero-order chi connectivity index (χ0) is 16.9. The summed E-state index contributed by atoms with van der Waals surface area (Å²) < 4.78 is 5.31. The van der Waals surface area contributed by atoms with Gasteiger partial charge in [0.25, 0.3) is 0 Å². The number of rotatable bonds is 6. The molecular weight excluding hydrogens is 292 g/mol. The van der Waals surface area contributed by atoms with Crippen LogP contribution in [0.5, 0.6) is 0 Å². The second-order valence-electron chi connectivity index (χ2n) is 6.77. The first kappa shape index (κ1) is 17.9. The minimum Gasteiger partial charge on any atom is -0.387 e. The third-order valence-electron chi connectivity index (χ3n) is 4.19. The summed E-state index contributed by atoms with van der Waals surface area (Å²) in [6, 6.07) is 6.12. The van der Waals surface area contributed by atoms with E-state index in [1.807, 2.05) is 32.0 Å². The lowest BCUT2D eigenvalue weighted by molar-refractivity contribution is -0.121. The molecule has 1 aromatic carbocycles. The molecule has 0 aromatic heterocycles. The Kier molecular flexibility index (Phi) is 6.16. The Morgan fingerprint density at radius 3 is 2.74 bits per heavy atom. The summed E-state index contributed by atoms with van der Waals surface area (Å²) in [5, 5.41) is 13.3. The summed E-state index contributed by atoms with van der Waals surface area (Å²) in [4.78, 5) is 14.3. The fourth-order valence-corrected chi connectivity index (χ4v) is 2.81. The molecule has 1 atom stereocenters. The van der Waals surface area contributed by atoms with E-state index in [0.717, 1.165) is 29.8 Å². The number of nitrogens with zero attached hydrogens (tertiary/aromatic N) is 1. The summed E-state index contributed by atoms with van der Waals surface area (Å²) in [5.74, 6) is -0.0547. The van der Waals surface area contributed by atoms with Crippen LogP contribution in [-0.4, -0.2) is 60.9 Å². The van der Waals surface area contributed by atoms with Gasteiger partial charge >= 0.3 is 0 Å². The van der Waals surface area contributed by atoms with Crippen LogP contribution in [0.3, 0.4) is 0 Å². The molecule has 2 N–H and O–H groups in total. The number of ether oxygens (including phenoxy) is 1. The Hall–Kier alpha value is -1.43. The molecule has 0 radical (unpaired) electrons. The van der Waals surface area contributed by atoms with Crippen LogP contribution in [0.15, 0.2) is 18.2 Å². The number of hydrogen-bond acceptors (Lipinski definition) is 4. The van der Waals surface area contributed by atoms with Crippen molar-refractivity contribution in [1.29, 1.82) is 0 Å². The van der Waals surface area contributed by atoms with Gasteiger partial charge in [-0.1, -0.05) is 23.8 Å². The lowest BCUT2D eigenvalue weighted by Crippen LogP contribution is -2.51. The van der Waals surface area contributed by atoms with Crippen molar-refractivity contribution in [2.24, 2.45) is 0 Å². The van der Waals surface area contributed by atoms with Crippen molar-refractivity contribution >= 4 is 5.91 Å². The highest BCUT2D eigenvalue weighted by atomic mass is 16.5. The van der Waals surface area contributed by atoms with Crippen LogP contribution in [0, 0.1) is 13.8 Å². The molecule has 1 saturated heterocycles. The highest BCUT2D eigenvalue weighted by Crippen LogP contribution is 2.12. The number of nitrogens with one attached hydrogen (secondary N) is 1. The highest BCUT2D eigenvalue weighted by Gasteiger charge is 2.25. The zero-order valence-electron chi connectivity index (χ0n) is 14.4. The third kappa shape index (κ3) is 5.94. The van der Waals surface area contributed by atoms with Crippen molar-refractivity contribution in [2.45, 2.75) is 32.8 Å². The SMILES string of the molecule is Cc1ccc(C)c(CC(=O)NCC(C)(O)CN2CCOCC2)c1. The van der Waals surface area contributed by atoms with Crippen LogP contribution in [0.2, 0.25) is 0 Å². The van der Waals surface area contributed by atoms with Crippen LogP contribution < -0.4 is 5.32 Å². The van der Waals surface area contributed by atoms with Gasteiger partial charge in [-0.05, 0) is 31.9 Å². The van der Waals surface area contributed by atoms with Crippen LogP contribution in [0.25, 0.3) is 0 Å². The number of carbonyl (C=O) groups excluding carboxylic acids is 1. The quantitative estimate of drug-likeness (QED) is 0.822. The number of hydrogen-bond donors (Lipinski definition) is 2. The van der Waals surface area contributed by atoms with Crippen LogP contribution in [0.4, 0.5) is 0 Å². The van der Waals surface area contributed by atoms with Crippen LogP contribution >= 0.6 is 0 Å². The predicted octanol–water partition coefficient (Wildman–Crippen LogP) is 1.05. The molecule has 0 aliphatic carbocycles. The Bertz CT molecular complexity index is 537. The van der Waals surface area contributed by atoms with Crippen molar-refractivity contribution in [1.82, 2.24) is 10.2 Å². The van der Waals surface area contributed by atoms with Crippen molar-refractivity contribution < 1.29 is 14.6 Å². The fraction of sp³-hybridized carbons (Fsp3) is 0.611. The second-order valence-corrected chi connectivity index (χ2v) is 6.77. The fourth-order valence-electron chi connectivity index (χ4n) is 2.81. The molecule has 1 fully saturated rings. The largest absolute Gasteiger partial charge is 0.387 e. The Morgan fingerprint density at radius 1 is 1.35 bits per heavy atom. The number of amides is 1. The highest BCUT2D eigenvalue weighted by molar-refractivity contribution is 5.79. The Balaban J connectivity index is 1.81. The molecular formula is C18H28N2O3. The first-order chi connectivity index (χ1) is 10.9. The standard InChI is InChI=1S/C18H28N2O3/c1-14-4-5-15(2)16(10-14)11-17(21)19-12-18(3,22)13-20-6-8-23-9-7-20/h4-5,10,22H,6-9,11-13H2,1-3H3,(H,19,21). The van der Waals surface area contributed by atoms with E-state index in [9.17, 15) is 9.90 Å². The van der Waals surface area contributed by atoms with E-state index in [4.69, 9.17) is 4.74 Å². The number of benzene rings is 1. The van der Waals surface area contributed by atoms with E-state index in [1.54, 1.807) is 6.92 Å². The second kappa shape index (κ2) is 7.90. The molecule has 0 bridgehead atoms. The average molecular weight is 320 g/mol. The summed E-state index contributed by atoms with van der Waals surface area (Å²) in [6.07, 6.45) is 0.348. The lowest BCUT2D eigenvalue weighted by Gasteiger charge is -2.33. The molecule has 1 unspecified atom stereocenters. The molecule has 2 rings (SSSR count). The zero-order valence-corrected chi connectivity index (χ0v) is 14.4. The molecule has 1 amide bonds. The van der Waals surface area contributed by atoms with Crippen LogP contribution in [0.1, 0.15) is 23.6 Å². The van der Waals surface area contributed by atoms with Gasteiger partial charge in [-0.15, -0.1) is 0 Å². The van der Waals surface area contributed by atoms with Gasteiger partial charge in [0.2, 0.25) is 5.91 Å². The van der Waals surface area contributed by atoms with E-state index < -0.39 is 5.60 Å². The number of aryl methyl sites for hydroxylation is 2. The van der Waals surface area contributed by atoms with Crippen molar-refractivity contribution in [2.75, 3.05) is 39.4 Å². The molecule has 1 aliphatic heterocycles. The minimum atomic E-state index is -0.936. The molecule has 5 heteroatoms. The monoisotopic (exact) mass is 320 g/mol. The molecule has 1 aromatic rings. The molecule has 5 nitrogen and oxygen atoms in total. The third-order valence-corrected chi connectivity index (χ3v) is 4.19. The molecule has 128 valence electrons. The van der Waals surface area contributed by atoms with Gasteiger partial charge in [-0.2, -0.15) is 0 Å². The van der Waals surface area contributed by atoms with Gasteiger partial charge in [-0.25, -0.2) is 0 Å². The number of carbonyl (C=O) groups is 1. The summed E-state index contributed by atoms with van der Waals surface area (Å²) in [7, 11) is 0. The Morgan fingerprint density at radius 2 is 2.04 bits per heavy atom. The lowest BCUT2D eigenvalue weighted by atomic mass is 10.0. The molecule has 0 spiro atoms. The summed E-state index contributed by atoms with van der Waals surface area (Å²) in [6.45, 7) is 9.66. The van der Waals surface area contributed by atoms with Crippen molar-refractivity contribution in [3.8, 4) is 0 Å². The molecule has 1 heterocycles.